The summed E-state index contributed by atoms with van der Waals surface area (Å²) in [7, 11) is 0. The van der Waals surface area contributed by atoms with Crippen LogP contribution in [0.25, 0.3) is 0 Å². The molecule has 1 unspecified atom stereocenters. The molecule has 0 bridgehead atoms. The summed E-state index contributed by atoms with van der Waals surface area (Å²) in [6.45, 7) is 5.48. The molecule has 1 aliphatic rings. The van der Waals surface area contributed by atoms with Gasteiger partial charge >= 0.3 is 0 Å². The van der Waals surface area contributed by atoms with Crippen LogP contribution in [0.3, 0.4) is 0 Å². The zero-order chi connectivity index (χ0) is 12.5. The molecule has 3 rings (SSSR count). The Morgan fingerprint density at radius 2 is 1.83 bits per heavy atom. The van der Waals surface area contributed by atoms with E-state index in [-0.39, 0.29) is 0 Å². The first-order valence-electron chi connectivity index (χ1n) is 6.64. The third-order valence-electron chi connectivity index (χ3n) is 3.78. The monoisotopic (exact) mass is 237 g/mol. The number of nitrogens with one attached hydrogen (secondary N) is 1. The Bertz CT molecular complexity index is 557. The smallest absolute Gasteiger partial charge is 0.0582 e. The van der Waals surface area contributed by atoms with Crippen LogP contribution in [-0.2, 0) is 6.42 Å². The normalized spacial score (nSPS) is 18.4. The van der Waals surface area contributed by atoms with Gasteiger partial charge in [-0.15, -0.1) is 0 Å². The highest BCUT2D eigenvalue weighted by Gasteiger charge is 2.22. The molecule has 1 heterocycles. The van der Waals surface area contributed by atoms with Crippen molar-refractivity contribution in [1.29, 1.82) is 0 Å². The Hall–Kier alpha value is -1.60. The van der Waals surface area contributed by atoms with E-state index in [1.807, 2.05) is 0 Å². The van der Waals surface area contributed by atoms with E-state index in [0.29, 0.717) is 6.04 Å². The Morgan fingerprint density at radius 1 is 1.06 bits per heavy atom. The number of hydrogen-bond acceptors (Lipinski definition) is 1. The van der Waals surface area contributed by atoms with Crippen molar-refractivity contribution in [3.63, 3.8) is 0 Å². The van der Waals surface area contributed by atoms with Crippen LogP contribution in [0.5, 0.6) is 0 Å². The molecular weight excluding hydrogens is 218 g/mol. The van der Waals surface area contributed by atoms with Crippen LogP contribution in [0, 0.1) is 13.8 Å². The van der Waals surface area contributed by atoms with Gasteiger partial charge in [-0.1, -0.05) is 48.0 Å². The van der Waals surface area contributed by atoms with Crippen LogP contribution in [0.1, 0.15) is 33.9 Å². The first-order chi connectivity index (χ1) is 8.75. The zero-order valence-corrected chi connectivity index (χ0v) is 11.0. The van der Waals surface area contributed by atoms with E-state index < -0.39 is 0 Å². The quantitative estimate of drug-likeness (QED) is 0.800. The largest absolute Gasteiger partial charge is 0.306 e. The molecule has 92 valence electrons. The predicted molar refractivity (Wildman–Crippen MR) is 75.9 cm³/mol. The SMILES string of the molecule is Cc1cc(C)c2c(c1)CCNC2c1ccccc1. The molecule has 1 heteroatoms. The standard InChI is InChI=1S/C17H19N/c1-12-10-13(2)16-15(11-12)8-9-18-17(16)14-6-4-3-5-7-14/h3-7,10-11,17-18H,8-9H2,1-2H3. The van der Waals surface area contributed by atoms with Gasteiger partial charge in [0.2, 0.25) is 0 Å². The van der Waals surface area contributed by atoms with E-state index in [1.54, 1.807) is 0 Å². The molecule has 2 aromatic carbocycles. The number of rotatable bonds is 1. The van der Waals surface area contributed by atoms with Gasteiger partial charge in [0.25, 0.3) is 0 Å². The molecule has 0 saturated heterocycles. The molecular formula is C17H19N. The van der Waals surface area contributed by atoms with Crippen molar-refractivity contribution in [1.82, 2.24) is 5.32 Å². The average molecular weight is 237 g/mol. The molecule has 1 aliphatic heterocycles. The van der Waals surface area contributed by atoms with Crippen LogP contribution in [0.2, 0.25) is 0 Å². The molecule has 0 amide bonds. The Morgan fingerprint density at radius 3 is 2.61 bits per heavy atom. The lowest BCUT2D eigenvalue weighted by Crippen LogP contribution is -2.31. The second-order valence-electron chi connectivity index (χ2n) is 5.20. The molecule has 0 radical (unpaired) electrons. The van der Waals surface area contributed by atoms with Gasteiger partial charge in [-0.3, -0.25) is 0 Å². The van der Waals surface area contributed by atoms with Gasteiger partial charge in [0.1, 0.15) is 0 Å². The van der Waals surface area contributed by atoms with Crippen molar-refractivity contribution < 1.29 is 0 Å². The molecule has 0 aliphatic carbocycles. The second-order valence-corrected chi connectivity index (χ2v) is 5.20. The minimum atomic E-state index is 0.357. The van der Waals surface area contributed by atoms with E-state index in [0.717, 1.165) is 13.0 Å². The maximum atomic E-state index is 3.65. The van der Waals surface area contributed by atoms with Gasteiger partial charge in [0.15, 0.2) is 0 Å². The molecule has 1 nitrogen and oxygen atoms in total. The highest BCUT2D eigenvalue weighted by atomic mass is 14.9. The van der Waals surface area contributed by atoms with Crippen molar-refractivity contribution in [2.24, 2.45) is 0 Å². The number of aryl methyl sites for hydroxylation is 2. The molecule has 0 spiro atoms. The van der Waals surface area contributed by atoms with Crippen molar-refractivity contribution in [3.8, 4) is 0 Å². The first kappa shape index (κ1) is 11.5. The average Bonchev–Trinajstić information content (AvgIpc) is 2.38. The van der Waals surface area contributed by atoms with Crippen LogP contribution in [0.15, 0.2) is 42.5 Å². The summed E-state index contributed by atoms with van der Waals surface area (Å²) in [6, 6.07) is 15.7. The molecule has 1 atom stereocenters. The fourth-order valence-corrected chi connectivity index (χ4v) is 3.07. The zero-order valence-electron chi connectivity index (χ0n) is 11.0. The lowest BCUT2D eigenvalue weighted by atomic mass is 9.86. The van der Waals surface area contributed by atoms with Crippen molar-refractivity contribution in [2.45, 2.75) is 26.3 Å². The van der Waals surface area contributed by atoms with Crippen LogP contribution >= 0.6 is 0 Å². The van der Waals surface area contributed by atoms with Gasteiger partial charge in [-0.2, -0.15) is 0 Å². The van der Waals surface area contributed by atoms with Gasteiger partial charge in [0, 0.05) is 6.54 Å². The Balaban J connectivity index is 2.12. The maximum absolute atomic E-state index is 3.65. The lowest BCUT2D eigenvalue weighted by Gasteiger charge is -2.29. The van der Waals surface area contributed by atoms with Crippen molar-refractivity contribution >= 4 is 0 Å². The fraction of sp³-hybridized carbons (Fsp3) is 0.294. The molecule has 0 fully saturated rings. The van der Waals surface area contributed by atoms with Crippen molar-refractivity contribution in [3.05, 3.63) is 70.3 Å². The third kappa shape index (κ3) is 1.95. The first-order valence-corrected chi connectivity index (χ1v) is 6.64. The number of benzene rings is 2. The van der Waals surface area contributed by atoms with Crippen LogP contribution in [0.4, 0.5) is 0 Å². The van der Waals surface area contributed by atoms with Crippen molar-refractivity contribution in [2.75, 3.05) is 6.54 Å². The highest BCUT2D eigenvalue weighted by molar-refractivity contribution is 5.46. The molecule has 1 N–H and O–H groups in total. The molecule has 0 aromatic heterocycles. The van der Waals surface area contributed by atoms with E-state index in [9.17, 15) is 0 Å². The Kier molecular flexibility index (Phi) is 2.92. The van der Waals surface area contributed by atoms with Crippen LogP contribution in [-0.4, -0.2) is 6.54 Å². The summed E-state index contributed by atoms with van der Waals surface area (Å²) in [4.78, 5) is 0. The minimum Gasteiger partial charge on any atom is -0.306 e. The van der Waals surface area contributed by atoms with E-state index in [1.165, 1.54) is 27.8 Å². The molecule has 2 aromatic rings. The summed E-state index contributed by atoms with van der Waals surface area (Å²) in [5, 5.41) is 3.65. The summed E-state index contributed by atoms with van der Waals surface area (Å²) >= 11 is 0. The number of fused-ring (bicyclic) bond motifs is 1. The predicted octanol–water partition coefficient (Wildman–Crippen LogP) is 3.54. The van der Waals surface area contributed by atoms with E-state index >= 15 is 0 Å². The molecule has 18 heavy (non-hydrogen) atoms. The van der Waals surface area contributed by atoms with Gasteiger partial charge in [-0.05, 0) is 42.5 Å². The summed E-state index contributed by atoms with van der Waals surface area (Å²) in [5.74, 6) is 0. The second kappa shape index (κ2) is 4.58. The van der Waals surface area contributed by atoms with E-state index in [4.69, 9.17) is 0 Å². The highest BCUT2D eigenvalue weighted by Crippen LogP contribution is 2.31. The van der Waals surface area contributed by atoms with Crippen LogP contribution < -0.4 is 5.32 Å². The minimum absolute atomic E-state index is 0.357. The Labute approximate surface area is 109 Å². The van der Waals surface area contributed by atoms with Gasteiger partial charge in [0.05, 0.1) is 6.04 Å². The molecule has 0 saturated carbocycles. The van der Waals surface area contributed by atoms with Gasteiger partial charge < -0.3 is 5.32 Å². The summed E-state index contributed by atoms with van der Waals surface area (Å²) in [5.41, 5.74) is 7.15. The summed E-state index contributed by atoms with van der Waals surface area (Å²) < 4.78 is 0. The number of hydrogen-bond donors (Lipinski definition) is 1. The maximum Gasteiger partial charge on any atom is 0.0582 e. The fourth-order valence-electron chi connectivity index (χ4n) is 3.07. The topological polar surface area (TPSA) is 12.0 Å². The third-order valence-corrected chi connectivity index (χ3v) is 3.78. The summed E-state index contributed by atoms with van der Waals surface area (Å²) in [6.07, 6.45) is 1.14. The lowest BCUT2D eigenvalue weighted by molar-refractivity contribution is 0.564. The van der Waals surface area contributed by atoms with Gasteiger partial charge in [-0.25, -0.2) is 0 Å². The van der Waals surface area contributed by atoms with E-state index in [2.05, 4.69) is 61.6 Å².